The monoisotopic (exact) mass is 746 g/mol. The number of piperidine rings is 1. The summed E-state index contributed by atoms with van der Waals surface area (Å²) in [5, 5.41) is 37.9. The molecule has 1 spiro atoms. The molecule has 1 fully saturated rings. The maximum Gasteiger partial charge on any atom is 0.304 e. The van der Waals surface area contributed by atoms with Gasteiger partial charge in [0, 0.05) is 62.0 Å². The fraction of sp³-hybridized carbons (Fsp3) is 0.571. The molecule has 5 atom stereocenters. The summed E-state index contributed by atoms with van der Waals surface area (Å²) < 4.78 is 17.1. The lowest BCUT2D eigenvalue weighted by Crippen LogP contribution is -2.43. The average molecular weight is 747 g/mol. The molecule has 0 radical (unpaired) electrons. The number of aromatic hydroxyl groups is 2. The molecule has 5 rings (SSSR count). The number of phenolic OH excluding ortho intramolecular Hbond substituents is 2. The van der Waals surface area contributed by atoms with Crippen molar-refractivity contribution in [2.24, 2.45) is 33.7 Å². The van der Waals surface area contributed by atoms with E-state index in [2.05, 4.69) is 37.9 Å². The normalized spacial score (nSPS) is 20.6. The molecule has 0 unspecified atom stereocenters. The van der Waals surface area contributed by atoms with Crippen LogP contribution in [0, 0.1) is 30.6 Å². The molecular weight excluding hydrogens is 688 g/mol. The number of aliphatic hydroxyl groups excluding tert-OH is 1. The number of aliphatic hydroxyl groups is 1. The van der Waals surface area contributed by atoms with Crippen LogP contribution >= 0.6 is 0 Å². The van der Waals surface area contributed by atoms with Crippen LogP contribution in [-0.2, 0) is 14.3 Å². The number of rotatable bonds is 14. The number of ether oxygens (including phenoxy) is 3. The Balaban J connectivity index is 1.59. The maximum atomic E-state index is 14.1. The molecule has 3 aliphatic heterocycles. The SMILES string of the molecule is CC[C@H](/C=C/O[C@H]1Oc2c(C)c(O)c3c(O)c(NC(=O)/C(C)=C\C=C\[C@H](C)[C@H](O)[C@@H](C)C(C)C)c4c(c3c2C1=O)=NC1(CCN(CC(C)C)CC1)N=4)OC. The quantitative estimate of drug-likeness (QED) is 0.0805. The Hall–Kier alpha value is -4.26. The van der Waals surface area contributed by atoms with Crippen LogP contribution in [0.4, 0.5) is 5.69 Å². The van der Waals surface area contributed by atoms with E-state index in [9.17, 15) is 24.9 Å². The van der Waals surface area contributed by atoms with Gasteiger partial charge in [-0.2, -0.15) is 0 Å². The predicted molar refractivity (Wildman–Crippen MR) is 208 cm³/mol. The van der Waals surface area contributed by atoms with Crippen LogP contribution in [0.5, 0.6) is 17.2 Å². The van der Waals surface area contributed by atoms with Gasteiger partial charge in [-0.3, -0.25) is 19.6 Å². The maximum absolute atomic E-state index is 14.1. The Labute approximate surface area is 318 Å². The van der Waals surface area contributed by atoms with Gasteiger partial charge in [0.15, 0.2) is 11.4 Å². The number of nitrogens with one attached hydrogen (secondary N) is 1. The lowest BCUT2D eigenvalue weighted by atomic mass is 9.85. The highest BCUT2D eigenvalue weighted by molar-refractivity contribution is 6.18. The molecule has 1 amide bonds. The second-order valence-corrected chi connectivity index (χ2v) is 15.9. The minimum atomic E-state index is -1.34. The number of carbonyl (C=O) groups excluding carboxylic acids is 2. The van der Waals surface area contributed by atoms with E-state index in [1.54, 1.807) is 39.2 Å². The molecule has 3 heterocycles. The number of benzene rings is 2. The number of anilines is 1. The van der Waals surface area contributed by atoms with E-state index in [4.69, 9.17) is 24.2 Å². The lowest BCUT2D eigenvalue weighted by Gasteiger charge is -2.36. The average Bonchev–Trinajstić information content (AvgIpc) is 3.67. The van der Waals surface area contributed by atoms with E-state index < -0.39 is 35.5 Å². The van der Waals surface area contributed by atoms with Gasteiger partial charge in [-0.25, -0.2) is 0 Å². The van der Waals surface area contributed by atoms with Crippen LogP contribution in [0.2, 0.25) is 0 Å². The number of hydrogen-bond donors (Lipinski definition) is 4. The Morgan fingerprint density at radius 1 is 1.06 bits per heavy atom. The van der Waals surface area contributed by atoms with Crippen LogP contribution in [0.25, 0.3) is 10.8 Å². The number of hydrogen-bond acceptors (Lipinski definition) is 11. The standard InChI is InChI=1S/C42H58N4O8/c1-11-28(52-10)15-20-53-41-38(50)31-29-30(36(48)27(9)39(31)54-41)37(49)34(33-32(29)44-42(45-33)16-18-46(19-17-42)21-22(2)3)43-40(51)25(7)14-12-13-24(6)35(47)26(8)23(4)5/h12-15,20,22-24,26,28,35,41,47-49H,11,16-19,21H2,1-10H3,(H,43,51)/b13-12+,20-15+,25-14-/t24-,26-,28+,35-,41-/m0/s1. The zero-order valence-electron chi connectivity index (χ0n) is 33.4. The minimum Gasteiger partial charge on any atom is -0.507 e. The second kappa shape index (κ2) is 16.6. The number of nitrogens with zero attached hydrogens (tertiary/aromatic N) is 3. The van der Waals surface area contributed by atoms with Crippen LogP contribution in [0.1, 0.15) is 90.6 Å². The third kappa shape index (κ3) is 8.06. The van der Waals surface area contributed by atoms with E-state index in [0.29, 0.717) is 42.0 Å². The number of likely N-dealkylation sites (tertiary alicyclic amines) is 1. The Kier molecular flexibility index (Phi) is 12.6. The van der Waals surface area contributed by atoms with Crippen molar-refractivity contribution in [3.8, 4) is 17.2 Å². The van der Waals surface area contributed by atoms with E-state index in [0.717, 1.165) is 19.6 Å². The van der Waals surface area contributed by atoms with E-state index in [1.165, 1.54) is 6.26 Å². The molecule has 54 heavy (non-hydrogen) atoms. The van der Waals surface area contributed by atoms with Gasteiger partial charge < -0.3 is 39.7 Å². The predicted octanol–water partition coefficient (Wildman–Crippen LogP) is 5.85. The van der Waals surface area contributed by atoms with Gasteiger partial charge >= 0.3 is 6.29 Å². The molecule has 2 aromatic rings. The number of methoxy groups -OCH3 is 1. The smallest absolute Gasteiger partial charge is 0.304 e. The molecule has 4 N–H and O–H groups in total. The zero-order valence-corrected chi connectivity index (χ0v) is 33.4. The summed E-state index contributed by atoms with van der Waals surface area (Å²) in [5.74, 6) is -0.823. The molecule has 0 aliphatic carbocycles. The number of amides is 1. The third-order valence-electron chi connectivity index (χ3n) is 11.1. The van der Waals surface area contributed by atoms with Crippen LogP contribution in [0.3, 0.4) is 0 Å². The Morgan fingerprint density at radius 2 is 1.72 bits per heavy atom. The Bertz CT molecular complexity index is 1970. The number of allylic oxidation sites excluding steroid dienone is 2. The van der Waals surface area contributed by atoms with Crippen molar-refractivity contribution in [1.29, 1.82) is 0 Å². The fourth-order valence-electron chi connectivity index (χ4n) is 7.38. The lowest BCUT2D eigenvalue weighted by molar-refractivity contribution is -0.112. The summed E-state index contributed by atoms with van der Waals surface area (Å²) in [4.78, 5) is 40.4. The highest BCUT2D eigenvalue weighted by atomic mass is 16.7. The van der Waals surface area contributed by atoms with Gasteiger partial charge in [-0.1, -0.05) is 66.7 Å². The van der Waals surface area contributed by atoms with Gasteiger partial charge in [-0.15, -0.1) is 0 Å². The summed E-state index contributed by atoms with van der Waals surface area (Å²) in [6, 6.07) is 0. The van der Waals surface area contributed by atoms with Crippen LogP contribution < -0.4 is 20.8 Å². The van der Waals surface area contributed by atoms with Crippen LogP contribution in [0.15, 0.2) is 46.1 Å². The molecule has 12 nitrogen and oxygen atoms in total. The summed E-state index contributed by atoms with van der Waals surface area (Å²) in [5.41, 5.74) is -0.194. The number of Topliss-reactive ketones (excluding diaryl/α,β-unsaturated/α-hetero) is 1. The third-order valence-corrected chi connectivity index (χ3v) is 11.1. The second-order valence-electron chi connectivity index (χ2n) is 15.9. The zero-order chi connectivity index (χ0) is 39.6. The van der Waals surface area contributed by atoms with Crippen molar-refractivity contribution in [2.45, 2.75) is 106 Å². The van der Waals surface area contributed by atoms with Crippen molar-refractivity contribution < 1.29 is 39.1 Å². The fourth-order valence-corrected chi connectivity index (χ4v) is 7.38. The number of ketones is 1. The number of carbonyl (C=O) groups is 2. The first-order valence-corrected chi connectivity index (χ1v) is 19.2. The van der Waals surface area contributed by atoms with Gasteiger partial charge in [0.25, 0.3) is 5.91 Å². The summed E-state index contributed by atoms with van der Waals surface area (Å²) >= 11 is 0. The number of phenols is 2. The van der Waals surface area contributed by atoms with Crippen molar-refractivity contribution >= 4 is 28.2 Å². The van der Waals surface area contributed by atoms with Crippen molar-refractivity contribution in [3.05, 3.63) is 58.0 Å². The molecular formula is C42H58N4O8. The topological polar surface area (TPSA) is 163 Å². The molecule has 0 saturated carbocycles. The van der Waals surface area contributed by atoms with Crippen molar-refractivity contribution in [1.82, 2.24) is 4.90 Å². The number of fused-ring (bicyclic) bond motifs is 5. The molecule has 12 heteroatoms. The largest absolute Gasteiger partial charge is 0.507 e. The Morgan fingerprint density at radius 3 is 2.33 bits per heavy atom. The van der Waals surface area contributed by atoms with E-state index in [-0.39, 0.29) is 62.4 Å². The summed E-state index contributed by atoms with van der Waals surface area (Å²) in [6.07, 6.45) is 8.12. The van der Waals surface area contributed by atoms with Gasteiger partial charge in [0.05, 0.1) is 34.8 Å². The highest BCUT2D eigenvalue weighted by Crippen LogP contribution is 2.48. The van der Waals surface area contributed by atoms with Crippen molar-refractivity contribution in [2.75, 3.05) is 32.1 Å². The van der Waals surface area contributed by atoms with Gasteiger partial charge in [-0.05, 0) is 44.1 Å². The van der Waals surface area contributed by atoms with Crippen molar-refractivity contribution in [3.63, 3.8) is 0 Å². The molecule has 294 valence electrons. The first-order valence-electron chi connectivity index (χ1n) is 19.2. The molecule has 3 aliphatic rings. The van der Waals surface area contributed by atoms with E-state index >= 15 is 0 Å². The summed E-state index contributed by atoms with van der Waals surface area (Å²) in [7, 11) is 1.58. The first kappa shape index (κ1) is 40.9. The van der Waals surface area contributed by atoms with Crippen LogP contribution in [-0.4, -0.2) is 82.8 Å². The van der Waals surface area contributed by atoms with E-state index in [1.807, 2.05) is 26.8 Å². The molecule has 0 bridgehead atoms. The van der Waals surface area contributed by atoms with Gasteiger partial charge in [0.1, 0.15) is 22.5 Å². The summed E-state index contributed by atoms with van der Waals surface area (Å²) in [6.45, 7) is 20.1. The van der Waals surface area contributed by atoms with Gasteiger partial charge in [0.2, 0.25) is 5.78 Å². The first-order chi connectivity index (χ1) is 25.5. The highest BCUT2D eigenvalue weighted by Gasteiger charge is 2.43. The molecule has 0 aromatic heterocycles. The molecule has 1 saturated heterocycles. The minimum absolute atomic E-state index is 0.000865. The molecule has 2 aromatic carbocycles.